The molecule has 0 saturated carbocycles. The van der Waals surface area contributed by atoms with Crippen molar-refractivity contribution in [2.45, 2.75) is 40.3 Å². The van der Waals surface area contributed by atoms with E-state index in [4.69, 9.17) is 16.3 Å². The molecule has 2 aromatic rings. The van der Waals surface area contributed by atoms with Gasteiger partial charge in [-0.2, -0.15) is 10.1 Å². The fraction of sp³-hybridized carbons (Fsp3) is 0.579. The van der Waals surface area contributed by atoms with E-state index < -0.39 is 0 Å². The second-order valence-electron chi connectivity index (χ2n) is 7.19. The Bertz CT molecular complexity index is 762. The molecule has 0 atom stereocenters. The van der Waals surface area contributed by atoms with Crippen LogP contribution in [0, 0.1) is 5.41 Å². The fourth-order valence-corrected chi connectivity index (χ4v) is 2.74. The van der Waals surface area contributed by atoms with Gasteiger partial charge in [-0.3, -0.25) is 14.4 Å². The van der Waals surface area contributed by atoms with Crippen LogP contribution in [-0.2, 0) is 11.5 Å². The van der Waals surface area contributed by atoms with E-state index in [0.29, 0.717) is 24.0 Å². The topological polar surface area (TPSA) is 76.4 Å². The molecule has 0 aliphatic rings. The van der Waals surface area contributed by atoms with Crippen LogP contribution < -0.4 is 14.5 Å². The molecule has 2 heterocycles. The van der Waals surface area contributed by atoms with E-state index >= 15 is 0 Å². The second-order valence-corrected chi connectivity index (χ2v) is 7.46. The van der Waals surface area contributed by atoms with Crippen molar-refractivity contribution < 1.29 is 9.53 Å². The molecule has 0 spiro atoms. The lowest BCUT2D eigenvalue weighted by Gasteiger charge is -2.30. The van der Waals surface area contributed by atoms with Crippen LogP contribution in [0.25, 0.3) is 0 Å². The van der Waals surface area contributed by atoms with Crippen molar-refractivity contribution in [3.8, 4) is 5.88 Å². The molecule has 0 aliphatic carbocycles. The van der Waals surface area contributed by atoms with Crippen LogP contribution in [0.1, 0.15) is 33.6 Å². The molecule has 0 fully saturated rings. The van der Waals surface area contributed by atoms with Gasteiger partial charge in [-0.05, 0) is 18.9 Å². The highest BCUT2D eigenvalue weighted by Gasteiger charge is 2.28. The minimum Gasteiger partial charge on any atom is -0.475 e. The van der Waals surface area contributed by atoms with Crippen LogP contribution in [0.3, 0.4) is 0 Å². The first-order valence-electron chi connectivity index (χ1n) is 9.34. The van der Waals surface area contributed by atoms with E-state index in [1.807, 2.05) is 19.0 Å². The summed E-state index contributed by atoms with van der Waals surface area (Å²) in [5.41, 5.74) is 0.507. The third-order valence-electron chi connectivity index (χ3n) is 4.99. The normalized spacial score (nSPS) is 11.4. The van der Waals surface area contributed by atoms with Crippen molar-refractivity contribution in [1.82, 2.24) is 19.7 Å². The van der Waals surface area contributed by atoms with E-state index in [2.05, 4.69) is 35.8 Å². The van der Waals surface area contributed by atoms with Crippen LogP contribution >= 0.6 is 11.6 Å². The highest BCUT2D eigenvalue weighted by atomic mass is 35.5. The van der Waals surface area contributed by atoms with Crippen LogP contribution in [0.5, 0.6) is 5.88 Å². The first kappa shape index (κ1) is 21.9. The lowest BCUT2D eigenvalue weighted by molar-refractivity contribution is -0.116. The number of amides is 1. The Balaban J connectivity index is 2.48. The van der Waals surface area contributed by atoms with Gasteiger partial charge in [0.25, 0.3) is 0 Å². The average molecular weight is 409 g/mol. The van der Waals surface area contributed by atoms with E-state index in [-0.39, 0.29) is 23.9 Å². The summed E-state index contributed by atoms with van der Waals surface area (Å²) in [5.74, 6) is 0.473. The van der Waals surface area contributed by atoms with Crippen molar-refractivity contribution in [1.29, 1.82) is 0 Å². The summed E-state index contributed by atoms with van der Waals surface area (Å²) >= 11 is 5.90. The Morgan fingerprint density at radius 2 is 2.00 bits per heavy atom. The molecule has 1 amide bonds. The maximum Gasteiger partial charge on any atom is 0.243 e. The number of carbonyl (C=O) groups is 1. The van der Waals surface area contributed by atoms with Gasteiger partial charge in [-0.25, -0.2) is 4.98 Å². The highest BCUT2D eigenvalue weighted by molar-refractivity contribution is 6.29. The molecule has 28 heavy (non-hydrogen) atoms. The maximum atomic E-state index is 12.7. The molecule has 0 aromatic carbocycles. The number of hydrogen-bond donors (Lipinski definition) is 0. The number of halogens is 1. The molecular weight excluding hydrogens is 380 g/mol. The molecule has 0 N–H and O–H groups in total. The highest BCUT2D eigenvalue weighted by Crippen LogP contribution is 2.36. The number of aromatic nitrogens is 4. The van der Waals surface area contributed by atoms with Gasteiger partial charge < -0.3 is 9.64 Å². The molecule has 9 heteroatoms. The maximum absolute atomic E-state index is 12.7. The zero-order chi connectivity index (χ0) is 20.7. The van der Waals surface area contributed by atoms with Crippen LogP contribution in [0.2, 0.25) is 0 Å². The van der Waals surface area contributed by atoms with E-state index in [9.17, 15) is 4.79 Å². The molecule has 0 bridgehead atoms. The van der Waals surface area contributed by atoms with Crippen molar-refractivity contribution in [3.63, 3.8) is 0 Å². The second kappa shape index (κ2) is 9.73. The van der Waals surface area contributed by atoms with Crippen LogP contribution in [-0.4, -0.2) is 52.2 Å². The van der Waals surface area contributed by atoms with Crippen molar-refractivity contribution >= 4 is 29.0 Å². The minimum atomic E-state index is -0.284. The van der Waals surface area contributed by atoms with E-state index in [1.165, 1.54) is 11.2 Å². The number of hydrogen-bond acceptors (Lipinski definition) is 6. The van der Waals surface area contributed by atoms with E-state index in [0.717, 1.165) is 12.8 Å². The van der Waals surface area contributed by atoms with Crippen molar-refractivity contribution in [3.05, 3.63) is 24.8 Å². The van der Waals surface area contributed by atoms with Gasteiger partial charge in [-0.15, -0.1) is 11.6 Å². The number of ether oxygens (including phenoxy) is 1. The summed E-state index contributed by atoms with van der Waals surface area (Å²) in [5, 5.41) is 4.20. The lowest BCUT2D eigenvalue weighted by Crippen LogP contribution is -2.36. The van der Waals surface area contributed by atoms with Gasteiger partial charge in [0.05, 0.1) is 6.61 Å². The molecule has 0 radical (unpaired) electrons. The third-order valence-corrected chi connectivity index (χ3v) is 5.22. The Morgan fingerprint density at radius 3 is 2.54 bits per heavy atom. The molecule has 0 saturated heterocycles. The summed E-state index contributed by atoms with van der Waals surface area (Å²) in [7, 11) is 3.71. The van der Waals surface area contributed by atoms with E-state index in [1.54, 1.807) is 23.1 Å². The Morgan fingerprint density at radius 1 is 1.29 bits per heavy atom. The summed E-state index contributed by atoms with van der Waals surface area (Å²) in [6.07, 6.45) is 6.83. The first-order valence-corrected chi connectivity index (χ1v) is 9.87. The van der Waals surface area contributed by atoms with Gasteiger partial charge in [0.2, 0.25) is 11.8 Å². The summed E-state index contributed by atoms with van der Waals surface area (Å²) in [4.78, 5) is 24.7. The smallest absolute Gasteiger partial charge is 0.243 e. The molecule has 0 aliphatic heterocycles. The Hall–Kier alpha value is -2.35. The Kier molecular flexibility index (Phi) is 7.62. The molecule has 2 aromatic heterocycles. The number of alkyl halides is 1. The van der Waals surface area contributed by atoms with Gasteiger partial charge >= 0.3 is 0 Å². The van der Waals surface area contributed by atoms with Crippen LogP contribution in [0.4, 0.5) is 11.5 Å². The predicted molar refractivity (Wildman–Crippen MR) is 111 cm³/mol. The SMILES string of the molecule is CCC(C)(CC)COc1ncnc(N(C)C)c1N(Cn1cccn1)C(=O)CCl. The minimum absolute atomic E-state index is 0.0177. The number of carbonyl (C=O) groups excluding carboxylic acids is 1. The monoisotopic (exact) mass is 408 g/mol. The largest absolute Gasteiger partial charge is 0.475 e. The molecular formula is C19H29ClN6O2. The zero-order valence-electron chi connectivity index (χ0n) is 17.2. The number of nitrogens with zero attached hydrogens (tertiary/aromatic N) is 6. The average Bonchev–Trinajstić information content (AvgIpc) is 3.22. The van der Waals surface area contributed by atoms with Gasteiger partial charge in [0.1, 0.15) is 18.9 Å². The fourth-order valence-electron chi connectivity index (χ4n) is 2.60. The van der Waals surface area contributed by atoms with Crippen molar-refractivity contribution in [2.24, 2.45) is 5.41 Å². The number of rotatable bonds is 10. The predicted octanol–water partition coefficient (Wildman–Crippen LogP) is 3.17. The standard InChI is InChI=1S/C19H29ClN6O2/c1-6-19(3,7-2)12-28-18-16(17(24(4)5)21-13-22-18)26(15(27)11-20)14-25-10-8-9-23-25/h8-10,13H,6-7,11-12,14H2,1-5H3. The summed E-state index contributed by atoms with van der Waals surface area (Å²) in [6, 6.07) is 1.79. The lowest BCUT2D eigenvalue weighted by atomic mass is 9.86. The third kappa shape index (κ3) is 5.13. The molecule has 0 unspecified atom stereocenters. The van der Waals surface area contributed by atoms with Crippen LogP contribution in [0.15, 0.2) is 24.8 Å². The number of anilines is 2. The first-order chi connectivity index (χ1) is 13.3. The quantitative estimate of drug-likeness (QED) is 0.562. The molecule has 2 rings (SSSR count). The van der Waals surface area contributed by atoms with Gasteiger partial charge in [-0.1, -0.05) is 20.8 Å². The zero-order valence-corrected chi connectivity index (χ0v) is 18.0. The van der Waals surface area contributed by atoms with Gasteiger partial charge in [0.15, 0.2) is 11.5 Å². The summed E-state index contributed by atoms with van der Waals surface area (Å²) in [6.45, 7) is 7.12. The molecule has 154 valence electrons. The van der Waals surface area contributed by atoms with Gasteiger partial charge in [0, 0.05) is 31.9 Å². The van der Waals surface area contributed by atoms with Crippen molar-refractivity contribution in [2.75, 3.05) is 36.4 Å². The molecule has 8 nitrogen and oxygen atoms in total. The summed E-state index contributed by atoms with van der Waals surface area (Å²) < 4.78 is 7.77. The Labute approximate surface area is 171 Å².